The molecule has 0 unspecified atom stereocenters. The van der Waals surface area contributed by atoms with Crippen molar-refractivity contribution in [3.63, 3.8) is 0 Å². The van der Waals surface area contributed by atoms with E-state index in [0.717, 1.165) is 28.2 Å². The van der Waals surface area contributed by atoms with Crippen molar-refractivity contribution < 1.29 is 18.7 Å². The quantitative estimate of drug-likeness (QED) is 0.338. The number of carbonyl (C=O) groups excluding carboxylic acids is 1. The Morgan fingerprint density at radius 1 is 0.886 bits per heavy atom. The van der Waals surface area contributed by atoms with Crippen LogP contribution in [0.4, 0.5) is 0 Å². The van der Waals surface area contributed by atoms with Gasteiger partial charge in [0, 0.05) is 25.2 Å². The SMILES string of the molecule is COc1ccc(OC)c(CN(Cc2ccccc2)Cc2nc(C(=O)NCc3ccccc3)co2)c1. The lowest BCUT2D eigenvalue weighted by Gasteiger charge is -2.22. The van der Waals surface area contributed by atoms with Crippen LogP contribution >= 0.6 is 0 Å². The van der Waals surface area contributed by atoms with Gasteiger partial charge < -0.3 is 19.2 Å². The van der Waals surface area contributed by atoms with E-state index in [1.165, 1.54) is 6.26 Å². The fourth-order valence-corrected chi connectivity index (χ4v) is 3.80. The summed E-state index contributed by atoms with van der Waals surface area (Å²) in [6.07, 6.45) is 1.41. The third-order valence-electron chi connectivity index (χ3n) is 5.57. The van der Waals surface area contributed by atoms with Crippen LogP contribution in [0.1, 0.15) is 33.1 Å². The van der Waals surface area contributed by atoms with Crippen LogP contribution in [0.15, 0.2) is 89.5 Å². The Hall–Kier alpha value is -4.10. The first kappa shape index (κ1) is 24.0. The van der Waals surface area contributed by atoms with E-state index < -0.39 is 0 Å². The topological polar surface area (TPSA) is 76.8 Å². The molecule has 1 aromatic heterocycles. The van der Waals surface area contributed by atoms with Crippen molar-refractivity contribution in [3.05, 3.63) is 113 Å². The monoisotopic (exact) mass is 471 g/mol. The van der Waals surface area contributed by atoms with Gasteiger partial charge in [0.05, 0.1) is 20.8 Å². The van der Waals surface area contributed by atoms with E-state index in [2.05, 4.69) is 27.3 Å². The van der Waals surface area contributed by atoms with Crippen molar-refractivity contribution in [2.45, 2.75) is 26.2 Å². The Morgan fingerprint density at radius 3 is 2.29 bits per heavy atom. The normalized spacial score (nSPS) is 10.8. The summed E-state index contributed by atoms with van der Waals surface area (Å²) in [5, 5.41) is 2.88. The number of ether oxygens (including phenoxy) is 2. The molecule has 0 saturated heterocycles. The van der Waals surface area contributed by atoms with Crippen molar-refractivity contribution in [2.24, 2.45) is 0 Å². The maximum Gasteiger partial charge on any atom is 0.273 e. The highest BCUT2D eigenvalue weighted by atomic mass is 16.5. The number of nitrogens with zero attached hydrogens (tertiary/aromatic N) is 2. The summed E-state index contributed by atoms with van der Waals surface area (Å²) in [7, 11) is 3.30. The third kappa shape index (κ3) is 6.71. The van der Waals surface area contributed by atoms with E-state index >= 15 is 0 Å². The first-order valence-electron chi connectivity index (χ1n) is 11.4. The van der Waals surface area contributed by atoms with Gasteiger partial charge in [-0.15, -0.1) is 0 Å². The number of benzene rings is 3. The fraction of sp³-hybridized carbons (Fsp3) is 0.214. The molecular weight excluding hydrogens is 442 g/mol. The third-order valence-corrected chi connectivity index (χ3v) is 5.57. The van der Waals surface area contributed by atoms with Gasteiger partial charge in [-0.25, -0.2) is 4.98 Å². The number of nitrogens with one attached hydrogen (secondary N) is 1. The van der Waals surface area contributed by atoms with Gasteiger partial charge in [-0.1, -0.05) is 60.7 Å². The van der Waals surface area contributed by atoms with E-state index in [1.807, 2.05) is 66.7 Å². The predicted molar refractivity (Wildman–Crippen MR) is 133 cm³/mol. The molecule has 7 nitrogen and oxygen atoms in total. The van der Waals surface area contributed by atoms with Gasteiger partial charge in [0.25, 0.3) is 5.91 Å². The second-order valence-electron chi connectivity index (χ2n) is 8.10. The second kappa shape index (κ2) is 11.9. The molecule has 0 saturated carbocycles. The summed E-state index contributed by atoms with van der Waals surface area (Å²) in [5.74, 6) is 1.73. The number of hydrogen-bond acceptors (Lipinski definition) is 6. The van der Waals surface area contributed by atoms with Crippen molar-refractivity contribution >= 4 is 5.91 Å². The van der Waals surface area contributed by atoms with Crippen LogP contribution in [0.25, 0.3) is 0 Å². The molecule has 0 radical (unpaired) electrons. The highest BCUT2D eigenvalue weighted by molar-refractivity contribution is 5.91. The van der Waals surface area contributed by atoms with Gasteiger partial charge in [0.2, 0.25) is 5.89 Å². The van der Waals surface area contributed by atoms with Crippen LogP contribution < -0.4 is 14.8 Å². The van der Waals surface area contributed by atoms with Crippen LogP contribution in [0.2, 0.25) is 0 Å². The van der Waals surface area contributed by atoms with Crippen LogP contribution in [0.5, 0.6) is 11.5 Å². The molecule has 0 fully saturated rings. The summed E-state index contributed by atoms with van der Waals surface area (Å²) in [6, 6.07) is 25.7. The van der Waals surface area contributed by atoms with Gasteiger partial charge in [0.1, 0.15) is 17.8 Å². The van der Waals surface area contributed by atoms with Crippen molar-refractivity contribution in [2.75, 3.05) is 14.2 Å². The predicted octanol–water partition coefficient (Wildman–Crippen LogP) is 4.82. The van der Waals surface area contributed by atoms with Crippen LogP contribution in [-0.2, 0) is 26.2 Å². The van der Waals surface area contributed by atoms with Gasteiger partial charge in [-0.05, 0) is 29.3 Å². The molecule has 1 amide bonds. The van der Waals surface area contributed by atoms with E-state index in [0.29, 0.717) is 32.1 Å². The Balaban J connectivity index is 1.48. The van der Waals surface area contributed by atoms with Crippen molar-refractivity contribution in [3.8, 4) is 11.5 Å². The van der Waals surface area contributed by atoms with Gasteiger partial charge in [0.15, 0.2) is 5.69 Å². The average Bonchev–Trinajstić information content (AvgIpc) is 3.37. The average molecular weight is 472 g/mol. The largest absolute Gasteiger partial charge is 0.497 e. The Morgan fingerprint density at radius 2 is 1.60 bits per heavy atom. The lowest BCUT2D eigenvalue weighted by atomic mass is 10.1. The number of aromatic nitrogens is 1. The molecule has 1 heterocycles. The van der Waals surface area contributed by atoms with Gasteiger partial charge in [-0.2, -0.15) is 0 Å². The minimum atomic E-state index is -0.270. The lowest BCUT2D eigenvalue weighted by Crippen LogP contribution is -2.24. The number of hydrogen-bond donors (Lipinski definition) is 1. The lowest BCUT2D eigenvalue weighted by molar-refractivity contribution is 0.0945. The molecule has 0 bridgehead atoms. The summed E-state index contributed by atoms with van der Waals surface area (Å²) in [5.41, 5.74) is 3.41. The van der Waals surface area contributed by atoms with E-state index in [9.17, 15) is 4.79 Å². The molecule has 0 atom stereocenters. The molecule has 7 heteroatoms. The molecule has 4 rings (SSSR count). The molecule has 4 aromatic rings. The Labute approximate surface area is 205 Å². The molecule has 1 N–H and O–H groups in total. The van der Waals surface area contributed by atoms with Gasteiger partial charge in [-0.3, -0.25) is 9.69 Å². The fourth-order valence-electron chi connectivity index (χ4n) is 3.80. The van der Waals surface area contributed by atoms with E-state index in [4.69, 9.17) is 13.9 Å². The maximum atomic E-state index is 12.6. The number of rotatable bonds is 11. The minimum absolute atomic E-state index is 0.259. The molecular formula is C28H29N3O4. The highest BCUT2D eigenvalue weighted by Crippen LogP contribution is 2.26. The van der Waals surface area contributed by atoms with E-state index in [1.54, 1.807) is 14.2 Å². The molecule has 0 aliphatic carbocycles. The number of carbonyl (C=O) groups is 1. The standard InChI is InChI=1S/C28H29N3O4/c1-33-24-13-14-26(34-2)23(15-24)18-31(17-22-11-7-4-8-12-22)19-27-30-25(20-35-27)28(32)29-16-21-9-5-3-6-10-21/h3-15,20H,16-19H2,1-2H3,(H,29,32). The first-order valence-corrected chi connectivity index (χ1v) is 11.4. The number of amides is 1. The van der Waals surface area contributed by atoms with Crippen molar-refractivity contribution in [1.29, 1.82) is 0 Å². The summed E-state index contributed by atoms with van der Waals surface area (Å²) in [4.78, 5) is 19.2. The zero-order chi connectivity index (χ0) is 24.5. The minimum Gasteiger partial charge on any atom is -0.497 e. The maximum absolute atomic E-state index is 12.6. The molecule has 0 spiro atoms. The summed E-state index contributed by atoms with van der Waals surface area (Å²) < 4.78 is 16.7. The summed E-state index contributed by atoms with van der Waals surface area (Å²) in [6.45, 7) is 2.09. The zero-order valence-electron chi connectivity index (χ0n) is 19.9. The highest BCUT2D eigenvalue weighted by Gasteiger charge is 2.17. The zero-order valence-corrected chi connectivity index (χ0v) is 19.9. The van der Waals surface area contributed by atoms with Crippen LogP contribution in [0.3, 0.4) is 0 Å². The smallest absolute Gasteiger partial charge is 0.273 e. The molecule has 35 heavy (non-hydrogen) atoms. The molecule has 0 aliphatic heterocycles. The number of methoxy groups -OCH3 is 2. The Bertz CT molecular complexity index is 1230. The number of oxazole rings is 1. The van der Waals surface area contributed by atoms with Crippen LogP contribution in [-0.4, -0.2) is 30.0 Å². The van der Waals surface area contributed by atoms with E-state index in [-0.39, 0.29) is 11.6 Å². The molecule has 0 aliphatic rings. The molecule has 180 valence electrons. The van der Waals surface area contributed by atoms with Gasteiger partial charge >= 0.3 is 0 Å². The first-order chi connectivity index (χ1) is 17.1. The molecule has 3 aromatic carbocycles. The van der Waals surface area contributed by atoms with Crippen molar-refractivity contribution in [1.82, 2.24) is 15.2 Å². The summed E-state index contributed by atoms with van der Waals surface area (Å²) >= 11 is 0. The Kier molecular flexibility index (Phi) is 8.14. The second-order valence-corrected chi connectivity index (χ2v) is 8.10. The van der Waals surface area contributed by atoms with Crippen LogP contribution in [0, 0.1) is 0 Å².